The lowest BCUT2D eigenvalue weighted by molar-refractivity contribution is -0.326. The smallest absolute Gasteiger partial charge is 0.217 e. The Kier molecular flexibility index (Phi) is 4.69. The highest BCUT2D eigenvalue weighted by molar-refractivity contribution is 5.73. The highest BCUT2D eigenvalue weighted by Gasteiger charge is 2.54. The second-order valence-corrected chi connectivity index (χ2v) is 5.32. The fourth-order valence-electron chi connectivity index (χ4n) is 2.54. The van der Waals surface area contributed by atoms with Gasteiger partial charge in [-0.25, -0.2) is 0 Å². The predicted molar refractivity (Wildman–Crippen MR) is 76.3 cm³/mol. The lowest BCUT2D eigenvalue weighted by Gasteiger charge is -2.47. The van der Waals surface area contributed by atoms with Crippen molar-refractivity contribution in [1.29, 1.82) is 0 Å². The third-order valence-corrected chi connectivity index (χ3v) is 3.69. The van der Waals surface area contributed by atoms with Crippen molar-refractivity contribution >= 4 is 11.6 Å². The van der Waals surface area contributed by atoms with E-state index in [1.54, 1.807) is 0 Å². The van der Waals surface area contributed by atoms with E-state index >= 15 is 0 Å². The van der Waals surface area contributed by atoms with Gasteiger partial charge in [-0.2, -0.15) is 0 Å². The topological polar surface area (TPSA) is 145 Å². The third-order valence-electron chi connectivity index (χ3n) is 3.69. The second kappa shape index (κ2) is 6.19. The molecular weight excluding hydrogens is 292 g/mol. The zero-order chi connectivity index (χ0) is 16.5. The van der Waals surface area contributed by atoms with Crippen LogP contribution in [0.25, 0.3) is 0 Å². The van der Waals surface area contributed by atoms with E-state index in [4.69, 9.17) is 10.5 Å². The van der Waals surface area contributed by atoms with Gasteiger partial charge in [0.15, 0.2) is 0 Å². The lowest BCUT2D eigenvalue weighted by Crippen LogP contribution is -2.68. The number of nitrogens with two attached hydrogens (primary N) is 1. The van der Waals surface area contributed by atoms with Crippen LogP contribution in [0, 0.1) is 0 Å². The van der Waals surface area contributed by atoms with E-state index in [0.717, 1.165) is 0 Å². The number of ether oxygens (including phenoxy) is 1. The summed E-state index contributed by atoms with van der Waals surface area (Å²) in [4.78, 5) is 11.3. The number of nitrogens with one attached hydrogen (secondary N) is 1. The zero-order valence-corrected chi connectivity index (χ0v) is 12.0. The molecule has 0 saturated carbocycles. The number of amides is 1. The van der Waals surface area contributed by atoms with Gasteiger partial charge in [-0.15, -0.1) is 0 Å². The molecule has 1 heterocycles. The minimum atomic E-state index is -2.12. The molecular formula is C14H20N2O6. The van der Waals surface area contributed by atoms with Crippen LogP contribution >= 0.6 is 0 Å². The van der Waals surface area contributed by atoms with Crippen LogP contribution in [0.4, 0.5) is 5.69 Å². The number of hydrogen-bond donors (Lipinski definition) is 6. The fourth-order valence-corrected chi connectivity index (χ4v) is 2.54. The first-order valence-corrected chi connectivity index (χ1v) is 6.80. The van der Waals surface area contributed by atoms with Crippen LogP contribution in [0.5, 0.6) is 0 Å². The predicted octanol–water partition coefficient (Wildman–Crippen LogP) is -1.97. The molecule has 1 saturated heterocycles. The highest BCUT2D eigenvalue weighted by Crippen LogP contribution is 2.36. The van der Waals surface area contributed by atoms with Gasteiger partial charge in [0.1, 0.15) is 24.4 Å². The van der Waals surface area contributed by atoms with E-state index in [-0.39, 0.29) is 5.56 Å². The fraction of sp³-hybridized carbons (Fsp3) is 0.500. The zero-order valence-electron chi connectivity index (χ0n) is 12.0. The Bertz CT molecular complexity index is 537. The van der Waals surface area contributed by atoms with Gasteiger partial charge in [0.25, 0.3) is 0 Å². The molecule has 8 nitrogen and oxygen atoms in total. The maximum atomic E-state index is 11.3. The molecule has 5 atom stereocenters. The Balaban J connectivity index is 2.45. The SMILES string of the molecule is CC(=O)N[C@@H]1[C@@H](O)[C@H](O)[C@@H](CO)O[C@@]1(O)c1ccc(N)cc1. The van der Waals surface area contributed by atoms with Crippen molar-refractivity contribution in [3.05, 3.63) is 29.8 Å². The number of aliphatic hydroxyl groups excluding tert-OH is 3. The van der Waals surface area contributed by atoms with Crippen molar-refractivity contribution in [3.63, 3.8) is 0 Å². The molecule has 1 fully saturated rings. The van der Waals surface area contributed by atoms with E-state index in [2.05, 4.69) is 5.32 Å². The van der Waals surface area contributed by atoms with Gasteiger partial charge < -0.3 is 36.2 Å². The van der Waals surface area contributed by atoms with Gasteiger partial charge in [-0.05, 0) is 12.1 Å². The monoisotopic (exact) mass is 312 g/mol. The van der Waals surface area contributed by atoms with E-state index in [9.17, 15) is 25.2 Å². The molecule has 7 N–H and O–H groups in total. The van der Waals surface area contributed by atoms with Crippen LogP contribution in [0.3, 0.4) is 0 Å². The summed E-state index contributed by atoms with van der Waals surface area (Å²) in [6.45, 7) is 0.600. The number of carbonyl (C=O) groups excluding carboxylic acids is 1. The summed E-state index contributed by atoms with van der Waals surface area (Å²) in [6, 6.07) is 4.68. The molecule has 1 amide bonds. The Hall–Kier alpha value is -1.71. The van der Waals surface area contributed by atoms with Crippen LogP contribution in [0.2, 0.25) is 0 Å². The van der Waals surface area contributed by atoms with Crippen molar-refractivity contribution in [2.45, 2.75) is 37.1 Å². The molecule has 1 aromatic carbocycles. The molecule has 0 unspecified atom stereocenters. The summed E-state index contributed by atoms with van der Waals surface area (Å²) in [5, 5.41) is 42.6. The highest BCUT2D eigenvalue weighted by atomic mass is 16.6. The summed E-state index contributed by atoms with van der Waals surface area (Å²) < 4.78 is 5.39. The number of anilines is 1. The maximum Gasteiger partial charge on any atom is 0.217 e. The van der Waals surface area contributed by atoms with Gasteiger partial charge in [-0.1, -0.05) is 12.1 Å². The number of carbonyl (C=O) groups is 1. The second-order valence-electron chi connectivity index (χ2n) is 5.32. The molecule has 1 aliphatic heterocycles. The van der Waals surface area contributed by atoms with E-state index in [0.29, 0.717) is 5.69 Å². The Morgan fingerprint density at radius 3 is 2.41 bits per heavy atom. The molecule has 122 valence electrons. The van der Waals surface area contributed by atoms with E-state index in [1.807, 2.05) is 0 Å². The normalized spacial score (nSPS) is 35.1. The third kappa shape index (κ3) is 2.92. The Morgan fingerprint density at radius 2 is 1.91 bits per heavy atom. The van der Waals surface area contributed by atoms with Gasteiger partial charge in [0.2, 0.25) is 11.7 Å². The first-order chi connectivity index (χ1) is 10.3. The molecule has 22 heavy (non-hydrogen) atoms. The Morgan fingerprint density at radius 1 is 1.32 bits per heavy atom. The number of hydrogen-bond acceptors (Lipinski definition) is 7. The summed E-state index contributed by atoms with van der Waals surface area (Å²) in [6.07, 6.45) is -4.20. The van der Waals surface area contributed by atoms with Crippen molar-refractivity contribution in [3.8, 4) is 0 Å². The quantitative estimate of drug-likeness (QED) is 0.355. The minimum absolute atomic E-state index is 0.227. The number of nitrogen functional groups attached to an aromatic ring is 1. The number of benzene rings is 1. The van der Waals surface area contributed by atoms with Crippen molar-refractivity contribution in [2.24, 2.45) is 0 Å². The molecule has 1 aliphatic rings. The average molecular weight is 312 g/mol. The first kappa shape index (κ1) is 16.7. The van der Waals surface area contributed by atoms with E-state index in [1.165, 1.54) is 31.2 Å². The first-order valence-electron chi connectivity index (χ1n) is 6.80. The van der Waals surface area contributed by atoms with Crippen LogP contribution < -0.4 is 11.1 Å². The number of aliphatic hydroxyl groups is 4. The van der Waals surface area contributed by atoms with Crippen molar-refractivity contribution in [1.82, 2.24) is 5.32 Å². The summed E-state index contributed by atoms with van der Waals surface area (Å²) in [5.41, 5.74) is 6.28. The molecule has 0 aliphatic carbocycles. The summed E-state index contributed by atoms with van der Waals surface area (Å²) in [7, 11) is 0. The summed E-state index contributed by atoms with van der Waals surface area (Å²) >= 11 is 0. The summed E-state index contributed by atoms with van der Waals surface area (Å²) in [5.74, 6) is -2.64. The van der Waals surface area contributed by atoms with Gasteiger partial charge in [0.05, 0.1) is 6.61 Å². The van der Waals surface area contributed by atoms with Crippen LogP contribution in [0.1, 0.15) is 12.5 Å². The van der Waals surface area contributed by atoms with Crippen molar-refractivity contribution < 1.29 is 30.0 Å². The van der Waals surface area contributed by atoms with Crippen molar-refractivity contribution in [2.75, 3.05) is 12.3 Å². The van der Waals surface area contributed by atoms with E-state index < -0.39 is 42.7 Å². The number of rotatable bonds is 3. The van der Waals surface area contributed by atoms with Crippen LogP contribution in [-0.2, 0) is 15.3 Å². The minimum Gasteiger partial charge on any atom is -0.399 e. The molecule has 0 bridgehead atoms. The molecule has 0 spiro atoms. The lowest BCUT2D eigenvalue weighted by atomic mass is 9.86. The molecule has 2 rings (SSSR count). The molecule has 0 aromatic heterocycles. The molecule has 8 heteroatoms. The maximum absolute atomic E-state index is 11.3. The molecule has 1 aromatic rings. The molecule has 0 radical (unpaired) electrons. The van der Waals surface area contributed by atoms with Gasteiger partial charge in [-0.3, -0.25) is 4.79 Å². The van der Waals surface area contributed by atoms with Crippen LogP contribution in [0.15, 0.2) is 24.3 Å². The van der Waals surface area contributed by atoms with Gasteiger partial charge in [0, 0.05) is 18.2 Å². The van der Waals surface area contributed by atoms with Crippen LogP contribution in [-0.4, -0.2) is 57.3 Å². The standard InChI is InChI=1S/C14H20N2O6/c1-7(18)16-13-12(20)11(19)10(6-17)22-14(13,21)8-2-4-9(15)5-3-8/h2-5,10-13,17,19-21H,6,15H2,1H3,(H,16,18)/t10-,11-,12+,13-,14+/m1/s1. The Labute approximate surface area is 127 Å². The largest absolute Gasteiger partial charge is 0.399 e. The average Bonchev–Trinajstić information content (AvgIpc) is 2.48. The van der Waals surface area contributed by atoms with Gasteiger partial charge >= 0.3 is 0 Å².